The van der Waals surface area contributed by atoms with Gasteiger partial charge in [0.1, 0.15) is 22.0 Å². The maximum absolute atomic E-state index is 13.0. The average molecular weight is 452 g/mol. The minimum atomic E-state index is -0.850. The number of Topliss-reactive ketones (excluding diaryl/α,β-unsaturated/α-hetero) is 1. The molecule has 31 heavy (non-hydrogen) atoms. The van der Waals surface area contributed by atoms with Crippen molar-refractivity contribution in [2.24, 2.45) is 0 Å². The second-order valence-corrected chi connectivity index (χ2v) is 8.72. The van der Waals surface area contributed by atoms with E-state index in [4.69, 9.17) is 21.1 Å². The molecule has 1 aliphatic carbocycles. The highest BCUT2D eigenvalue weighted by Gasteiger charge is 2.35. The molecule has 0 saturated heterocycles. The summed E-state index contributed by atoms with van der Waals surface area (Å²) in [6.45, 7) is 7.09. The van der Waals surface area contributed by atoms with E-state index in [9.17, 15) is 14.4 Å². The van der Waals surface area contributed by atoms with Crippen molar-refractivity contribution in [3.63, 3.8) is 0 Å². The normalized spacial score (nSPS) is 16.2. The Balaban J connectivity index is 2.33. The van der Waals surface area contributed by atoms with Crippen LogP contribution in [0.25, 0.3) is 0 Å². The molecule has 1 amide bonds. The Bertz CT molecular complexity index is 842. The molecule has 2 rings (SSSR count). The molecule has 1 heterocycles. The molecule has 2 N–H and O–H groups in total. The first-order valence-corrected chi connectivity index (χ1v) is 10.8. The number of nitrogens with zero attached hydrogens (tertiary/aromatic N) is 1. The number of carbonyl (C=O) groups is 3. The van der Waals surface area contributed by atoms with Gasteiger partial charge in [-0.2, -0.15) is 0 Å². The van der Waals surface area contributed by atoms with E-state index in [2.05, 4.69) is 15.6 Å². The molecule has 8 nitrogen and oxygen atoms in total. The van der Waals surface area contributed by atoms with Gasteiger partial charge in [0.05, 0.1) is 12.2 Å². The summed E-state index contributed by atoms with van der Waals surface area (Å²) in [5, 5.41) is 5.98. The van der Waals surface area contributed by atoms with Crippen LogP contribution < -0.4 is 10.6 Å². The zero-order valence-electron chi connectivity index (χ0n) is 18.4. The lowest BCUT2D eigenvalue weighted by Gasteiger charge is -2.39. The number of halogens is 1. The molecule has 0 aromatic carbocycles. The SMILES string of the molecule is CCOC(=O)C(=CNC1(NC(=O)OC(C)(C)C)CCCCC1)C(=O)c1cccnc1Cl. The van der Waals surface area contributed by atoms with E-state index in [0.29, 0.717) is 12.8 Å². The van der Waals surface area contributed by atoms with E-state index in [0.717, 1.165) is 19.3 Å². The maximum Gasteiger partial charge on any atom is 0.409 e. The van der Waals surface area contributed by atoms with Crippen molar-refractivity contribution in [1.29, 1.82) is 0 Å². The second-order valence-electron chi connectivity index (χ2n) is 8.36. The summed E-state index contributed by atoms with van der Waals surface area (Å²) in [7, 11) is 0. The Labute approximate surface area is 187 Å². The van der Waals surface area contributed by atoms with Crippen LogP contribution in [0.2, 0.25) is 5.15 Å². The van der Waals surface area contributed by atoms with Gasteiger partial charge in [0.25, 0.3) is 0 Å². The Kier molecular flexibility index (Phi) is 8.44. The van der Waals surface area contributed by atoms with Crippen molar-refractivity contribution in [3.05, 3.63) is 40.8 Å². The topological polar surface area (TPSA) is 107 Å². The third-order valence-electron chi connectivity index (χ3n) is 4.68. The second kappa shape index (κ2) is 10.6. The number of hydrogen-bond acceptors (Lipinski definition) is 7. The third kappa shape index (κ3) is 7.24. The van der Waals surface area contributed by atoms with Gasteiger partial charge >= 0.3 is 12.1 Å². The molecule has 0 atom stereocenters. The van der Waals surface area contributed by atoms with Crippen LogP contribution in [-0.4, -0.2) is 40.7 Å². The van der Waals surface area contributed by atoms with Gasteiger partial charge in [0, 0.05) is 12.4 Å². The van der Waals surface area contributed by atoms with Crippen LogP contribution in [0, 0.1) is 0 Å². The number of pyridine rings is 1. The fraction of sp³-hybridized carbons (Fsp3) is 0.545. The maximum atomic E-state index is 13.0. The molecular weight excluding hydrogens is 422 g/mol. The Morgan fingerprint density at radius 2 is 1.90 bits per heavy atom. The first kappa shape index (κ1) is 24.7. The molecule has 0 unspecified atom stereocenters. The van der Waals surface area contributed by atoms with Crippen LogP contribution in [0.5, 0.6) is 0 Å². The van der Waals surface area contributed by atoms with E-state index >= 15 is 0 Å². The van der Waals surface area contributed by atoms with Gasteiger partial charge in [-0.05, 0) is 65.5 Å². The van der Waals surface area contributed by atoms with Crippen LogP contribution in [0.1, 0.15) is 70.2 Å². The lowest BCUT2D eigenvalue weighted by molar-refractivity contribution is -0.138. The molecule has 9 heteroatoms. The average Bonchev–Trinajstić information content (AvgIpc) is 2.67. The van der Waals surface area contributed by atoms with Gasteiger partial charge in [0.2, 0.25) is 5.78 Å². The number of aromatic nitrogens is 1. The summed E-state index contributed by atoms with van der Waals surface area (Å²) in [5.74, 6) is -1.41. The largest absolute Gasteiger partial charge is 0.462 e. The Morgan fingerprint density at radius 3 is 2.48 bits per heavy atom. The molecule has 170 valence electrons. The predicted molar refractivity (Wildman–Crippen MR) is 117 cm³/mol. The van der Waals surface area contributed by atoms with Crippen molar-refractivity contribution in [2.75, 3.05) is 6.61 Å². The molecule has 0 spiro atoms. The summed E-state index contributed by atoms with van der Waals surface area (Å²) < 4.78 is 10.5. The van der Waals surface area contributed by atoms with E-state index in [1.54, 1.807) is 33.8 Å². The first-order chi connectivity index (χ1) is 14.6. The molecule has 1 saturated carbocycles. The van der Waals surface area contributed by atoms with Crippen molar-refractivity contribution < 1.29 is 23.9 Å². The number of rotatable bonds is 7. The monoisotopic (exact) mass is 451 g/mol. The van der Waals surface area contributed by atoms with Crippen LogP contribution in [0.4, 0.5) is 4.79 Å². The number of alkyl carbamates (subject to hydrolysis) is 1. The van der Waals surface area contributed by atoms with Crippen molar-refractivity contribution >= 4 is 29.4 Å². The van der Waals surface area contributed by atoms with Crippen LogP contribution >= 0.6 is 11.6 Å². The van der Waals surface area contributed by atoms with Crippen molar-refractivity contribution in [1.82, 2.24) is 15.6 Å². The molecule has 0 bridgehead atoms. The zero-order chi connectivity index (χ0) is 23.1. The summed E-state index contributed by atoms with van der Waals surface area (Å²) in [4.78, 5) is 41.9. The van der Waals surface area contributed by atoms with Gasteiger partial charge in [-0.1, -0.05) is 18.0 Å². The van der Waals surface area contributed by atoms with Gasteiger partial charge in [-0.3, -0.25) is 10.1 Å². The summed E-state index contributed by atoms with van der Waals surface area (Å²) >= 11 is 6.05. The van der Waals surface area contributed by atoms with Gasteiger partial charge in [-0.25, -0.2) is 14.6 Å². The number of amides is 1. The van der Waals surface area contributed by atoms with Crippen molar-refractivity contribution in [3.8, 4) is 0 Å². The highest BCUT2D eigenvalue weighted by Crippen LogP contribution is 2.27. The van der Waals surface area contributed by atoms with Crippen LogP contribution in [0.15, 0.2) is 30.1 Å². The van der Waals surface area contributed by atoms with E-state index in [1.165, 1.54) is 18.5 Å². The molecular formula is C22H30ClN3O5. The lowest BCUT2D eigenvalue weighted by Crippen LogP contribution is -2.59. The van der Waals surface area contributed by atoms with E-state index in [-0.39, 0.29) is 22.9 Å². The third-order valence-corrected chi connectivity index (χ3v) is 4.99. The summed E-state index contributed by atoms with van der Waals surface area (Å²) in [5.41, 5.74) is -1.65. The fourth-order valence-electron chi connectivity index (χ4n) is 3.30. The van der Waals surface area contributed by atoms with Gasteiger partial charge < -0.3 is 14.8 Å². The predicted octanol–water partition coefficient (Wildman–Crippen LogP) is 4.14. The van der Waals surface area contributed by atoms with Crippen molar-refractivity contribution in [2.45, 2.75) is 71.1 Å². The smallest absolute Gasteiger partial charge is 0.409 e. The quantitative estimate of drug-likeness (QED) is 0.122. The molecule has 1 aromatic rings. The van der Waals surface area contributed by atoms with Crippen LogP contribution in [0.3, 0.4) is 0 Å². The van der Waals surface area contributed by atoms with Gasteiger partial charge in [-0.15, -0.1) is 0 Å². The molecule has 1 aliphatic rings. The molecule has 1 aromatic heterocycles. The molecule has 1 fully saturated rings. The summed E-state index contributed by atoms with van der Waals surface area (Å²) in [6, 6.07) is 3.04. The van der Waals surface area contributed by atoms with Gasteiger partial charge in [0.15, 0.2) is 0 Å². The number of ether oxygens (including phenoxy) is 2. The number of nitrogens with one attached hydrogen (secondary N) is 2. The summed E-state index contributed by atoms with van der Waals surface area (Å²) in [6.07, 6.45) is 6.16. The molecule has 0 aliphatic heterocycles. The molecule has 0 radical (unpaired) electrons. The van der Waals surface area contributed by atoms with E-state index < -0.39 is 29.1 Å². The zero-order valence-corrected chi connectivity index (χ0v) is 19.2. The minimum Gasteiger partial charge on any atom is -0.462 e. The Morgan fingerprint density at radius 1 is 1.23 bits per heavy atom. The number of carbonyl (C=O) groups excluding carboxylic acids is 3. The number of esters is 1. The first-order valence-electron chi connectivity index (χ1n) is 10.4. The highest BCUT2D eigenvalue weighted by atomic mass is 35.5. The van der Waals surface area contributed by atoms with Crippen LogP contribution in [-0.2, 0) is 14.3 Å². The Hall–Kier alpha value is -2.61. The standard InChI is InChI=1S/C22H30ClN3O5/c1-5-30-19(28)16(17(27)15-10-9-13-24-18(15)23)14-25-22(11-7-6-8-12-22)26-20(29)31-21(2,3)4/h9-10,13-14,25H,5-8,11-12H2,1-4H3,(H,26,29). The lowest BCUT2D eigenvalue weighted by atomic mass is 9.89. The fourth-order valence-corrected chi connectivity index (χ4v) is 3.50. The van der Waals surface area contributed by atoms with E-state index in [1.807, 2.05) is 0 Å². The number of hydrogen-bond donors (Lipinski definition) is 2. The highest BCUT2D eigenvalue weighted by molar-refractivity contribution is 6.35. The number of ketones is 1. The minimum absolute atomic E-state index is 0.0121.